The lowest BCUT2D eigenvalue weighted by molar-refractivity contribution is -0.115. The van der Waals surface area contributed by atoms with Crippen LogP contribution in [0.1, 0.15) is 5.69 Å². The molecule has 0 aromatic carbocycles. The maximum atomic E-state index is 11.7. The molecule has 1 saturated heterocycles. The lowest BCUT2D eigenvalue weighted by Gasteiger charge is -2.29. The Bertz CT molecular complexity index is 834. The molecule has 26 heavy (non-hydrogen) atoms. The molecule has 0 radical (unpaired) electrons. The zero-order chi connectivity index (χ0) is 18.1. The Labute approximate surface area is 151 Å². The van der Waals surface area contributed by atoms with Crippen LogP contribution >= 0.6 is 0 Å². The standard InChI is InChI=1S/C17H22N8O/c1-11-15-16(24(2)10-14(26)22-15)23-17(20-11)21-13-9-12(3-4-19-13)25-7-5-18-6-8-25/h3-4,9,18H,5-8,10H2,1-2H3,(H,22,26)(H,19,20,21,23). The van der Waals surface area contributed by atoms with Crippen molar-refractivity contribution in [3.05, 3.63) is 24.0 Å². The zero-order valence-electron chi connectivity index (χ0n) is 14.9. The number of carbonyl (C=O) groups is 1. The van der Waals surface area contributed by atoms with Gasteiger partial charge in [-0.2, -0.15) is 4.98 Å². The highest BCUT2D eigenvalue weighted by atomic mass is 16.2. The topological polar surface area (TPSA) is 98.3 Å². The number of aromatic nitrogens is 3. The smallest absolute Gasteiger partial charge is 0.244 e. The molecule has 2 aromatic rings. The third kappa shape index (κ3) is 3.25. The van der Waals surface area contributed by atoms with Crippen LogP contribution in [0.25, 0.3) is 0 Å². The average molecular weight is 354 g/mol. The molecule has 4 rings (SSSR count). The lowest BCUT2D eigenvalue weighted by atomic mass is 10.2. The minimum atomic E-state index is -0.0576. The number of rotatable bonds is 3. The first-order chi connectivity index (χ1) is 12.6. The summed E-state index contributed by atoms with van der Waals surface area (Å²) < 4.78 is 0. The van der Waals surface area contributed by atoms with Crippen LogP contribution in [0.2, 0.25) is 0 Å². The van der Waals surface area contributed by atoms with Gasteiger partial charge in [0.25, 0.3) is 0 Å². The summed E-state index contributed by atoms with van der Waals surface area (Å²) in [5.41, 5.74) is 2.51. The van der Waals surface area contributed by atoms with Crippen LogP contribution in [0, 0.1) is 6.92 Å². The molecule has 1 amide bonds. The van der Waals surface area contributed by atoms with Gasteiger partial charge in [0, 0.05) is 51.2 Å². The molecule has 9 heteroatoms. The van der Waals surface area contributed by atoms with E-state index < -0.39 is 0 Å². The fraction of sp³-hybridized carbons (Fsp3) is 0.412. The molecule has 136 valence electrons. The third-order valence-corrected chi connectivity index (χ3v) is 4.54. The Morgan fingerprint density at radius 1 is 1.23 bits per heavy atom. The van der Waals surface area contributed by atoms with Gasteiger partial charge < -0.3 is 25.8 Å². The van der Waals surface area contributed by atoms with Crippen molar-refractivity contribution in [2.45, 2.75) is 6.92 Å². The van der Waals surface area contributed by atoms with Crippen molar-refractivity contribution in [2.24, 2.45) is 0 Å². The summed E-state index contributed by atoms with van der Waals surface area (Å²) in [7, 11) is 1.84. The fourth-order valence-corrected chi connectivity index (χ4v) is 3.23. The van der Waals surface area contributed by atoms with E-state index in [0.717, 1.165) is 37.6 Å². The van der Waals surface area contributed by atoms with Gasteiger partial charge in [-0.1, -0.05) is 0 Å². The second-order valence-corrected chi connectivity index (χ2v) is 6.50. The number of nitrogens with zero attached hydrogens (tertiary/aromatic N) is 5. The Morgan fingerprint density at radius 2 is 2.04 bits per heavy atom. The van der Waals surface area contributed by atoms with Crippen molar-refractivity contribution in [3.8, 4) is 0 Å². The molecule has 9 nitrogen and oxygen atoms in total. The van der Waals surface area contributed by atoms with Crippen LogP contribution in [0.3, 0.4) is 0 Å². The molecule has 0 unspecified atom stereocenters. The number of amides is 1. The van der Waals surface area contributed by atoms with E-state index in [1.807, 2.05) is 31.0 Å². The number of hydrogen-bond acceptors (Lipinski definition) is 8. The number of piperazine rings is 1. The number of likely N-dealkylation sites (N-methyl/N-ethyl adjacent to an activating group) is 1. The summed E-state index contributed by atoms with van der Waals surface area (Å²) in [5, 5.41) is 9.39. The van der Waals surface area contributed by atoms with E-state index in [2.05, 4.69) is 35.8 Å². The van der Waals surface area contributed by atoms with Gasteiger partial charge in [0.05, 0.1) is 12.2 Å². The molecule has 2 aliphatic heterocycles. The molecule has 4 heterocycles. The van der Waals surface area contributed by atoms with Crippen molar-refractivity contribution in [3.63, 3.8) is 0 Å². The summed E-state index contributed by atoms with van der Waals surface area (Å²) >= 11 is 0. The fourth-order valence-electron chi connectivity index (χ4n) is 3.23. The third-order valence-electron chi connectivity index (χ3n) is 4.54. The number of anilines is 5. The SMILES string of the molecule is Cc1nc(Nc2cc(N3CCNCC3)ccn2)nc2c1NC(=O)CN2C. The lowest BCUT2D eigenvalue weighted by Crippen LogP contribution is -2.43. The quantitative estimate of drug-likeness (QED) is 0.742. The van der Waals surface area contributed by atoms with E-state index in [4.69, 9.17) is 0 Å². The molecule has 2 aliphatic rings. The Balaban J connectivity index is 1.59. The van der Waals surface area contributed by atoms with Crippen LogP contribution in [0.5, 0.6) is 0 Å². The molecule has 0 aliphatic carbocycles. The van der Waals surface area contributed by atoms with Gasteiger partial charge in [-0.05, 0) is 13.0 Å². The zero-order valence-corrected chi connectivity index (χ0v) is 14.9. The Morgan fingerprint density at radius 3 is 2.85 bits per heavy atom. The van der Waals surface area contributed by atoms with Gasteiger partial charge >= 0.3 is 0 Å². The van der Waals surface area contributed by atoms with Gasteiger partial charge in [0.2, 0.25) is 11.9 Å². The normalized spacial score (nSPS) is 16.9. The Kier molecular flexibility index (Phi) is 4.29. The first-order valence-corrected chi connectivity index (χ1v) is 8.68. The van der Waals surface area contributed by atoms with Crippen molar-refractivity contribution < 1.29 is 4.79 Å². The van der Waals surface area contributed by atoms with Crippen LogP contribution in [0.4, 0.5) is 29.0 Å². The highest BCUT2D eigenvalue weighted by Crippen LogP contribution is 2.30. The van der Waals surface area contributed by atoms with E-state index >= 15 is 0 Å². The van der Waals surface area contributed by atoms with E-state index in [1.54, 1.807) is 6.20 Å². The van der Waals surface area contributed by atoms with Crippen molar-refractivity contribution in [1.29, 1.82) is 0 Å². The highest BCUT2D eigenvalue weighted by molar-refractivity contribution is 6.00. The molecule has 0 atom stereocenters. The van der Waals surface area contributed by atoms with Gasteiger partial charge in [0.1, 0.15) is 11.5 Å². The van der Waals surface area contributed by atoms with Crippen molar-refractivity contribution in [2.75, 3.05) is 60.2 Å². The number of nitrogens with one attached hydrogen (secondary N) is 3. The molecule has 3 N–H and O–H groups in total. The van der Waals surface area contributed by atoms with Gasteiger partial charge in [0.15, 0.2) is 5.82 Å². The monoisotopic (exact) mass is 354 g/mol. The van der Waals surface area contributed by atoms with Gasteiger partial charge in [-0.15, -0.1) is 0 Å². The first kappa shape index (κ1) is 16.5. The number of hydrogen-bond donors (Lipinski definition) is 3. The summed E-state index contributed by atoms with van der Waals surface area (Å²) in [5.74, 6) is 1.81. The molecule has 0 saturated carbocycles. The molecule has 1 fully saturated rings. The second kappa shape index (κ2) is 6.75. The summed E-state index contributed by atoms with van der Waals surface area (Å²) in [6, 6.07) is 4.02. The predicted molar refractivity (Wildman–Crippen MR) is 101 cm³/mol. The van der Waals surface area contributed by atoms with Crippen LogP contribution in [-0.4, -0.2) is 60.6 Å². The largest absolute Gasteiger partial charge is 0.369 e. The second-order valence-electron chi connectivity index (χ2n) is 6.50. The highest BCUT2D eigenvalue weighted by Gasteiger charge is 2.24. The van der Waals surface area contributed by atoms with Crippen LogP contribution < -0.4 is 25.8 Å². The minimum absolute atomic E-state index is 0.0576. The molecule has 0 bridgehead atoms. The maximum Gasteiger partial charge on any atom is 0.244 e. The number of pyridine rings is 1. The first-order valence-electron chi connectivity index (χ1n) is 8.68. The van der Waals surface area contributed by atoms with Crippen molar-refractivity contribution >= 4 is 34.9 Å². The molecule has 0 spiro atoms. The van der Waals surface area contributed by atoms with Crippen LogP contribution in [-0.2, 0) is 4.79 Å². The summed E-state index contributed by atoms with van der Waals surface area (Å²) in [6.45, 7) is 6.05. The number of aryl methyl sites for hydroxylation is 1. The number of carbonyl (C=O) groups excluding carboxylic acids is 1. The minimum Gasteiger partial charge on any atom is -0.369 e. The summed E-state index contributed by atoms with van der Waals surface area (Å²) in [4.78, 5) is 29.3. The average Bonchev–Trinajstić information content (AvgIpc) is 2.64. The molecule has 2 aromatic heterocycles. The van der Waals surface area contributed by atoms with E-state index in [9.17, 15) is 4.79 Å². The van der Waals surface area contributed by atoms with Gasteiger partial charge in [-0.25, -0.2) is 9.97 Å². The predicted octanol–water partition coefficient (Wildman–Crippen LogP) is 0.722. The van der Waals surface area contributed by atoms with Crippen LogP contribution in [0.15, 0.2) is 18.3 Å². The number of fused-ring (bicyclic) bond motifs is 1. The summed E-state index contributed by atoms with van der Waals surface area (Å²) in [6.07, 6.45) is 1.79. The van der Waals surface area contributed by atoms with Gasteiger partial charge in [-0.3, -0.25) is 4.79 Å². The Hall–Kier alpha value is -2.94. The maximum absolute atomic E-state index is 11.7. The van der Waals surface area contributed by atoms with E-state index in [-0.39, 0.29) is 12.5 Å². The van der Waals surface area contributed by atoms with E-state index in [0.29, 0.717) is 23.3 Å². The molecular formula is C17H22N8O. The van der Waals surface area contributed by atoms with E-state index in [1.165, 1.54) is 0 Å². The van der Waals surface area contributed by atoms with Crippen molar-refractivity contribution in [1.82, 2.24) is 20.3 Å². The molecular weight excluding hydrogens is 332 g/mol.